The topological polar surface area (TPSA) is 61.8 Å². The number of carbonyl (C=O) groups is 1. The first-order valence-electron chi connectivity index (χ1n) is 9.99. The number of halogens is 8. The summed E-state index contributed by atoms with van der Waals surface area (Å²) in [5.74, 6) is -0.634. The lowest BCUT2D eigenvalue weighted by atomic mass is 9.86. The number of carbonyl (C=O) groups excluding carboxylic acids is 1. The van der Waals surface area contributed by atoms with E-state index >= 15 is 0 Å². The van der Waals surface area contributed by atoms with Crippen molar-refractivity contribution in [1.29, 1.82) is 0 Å². The molecule has 0 bridgehead atoms. The average Bonchev–Trinajstić information content (AvgIpc) is 3.22. The molecular formula is C22H16ClF7N2O3. The Balaban J connectivity index is 1.66. The molecule has 2 aromatic carbocycles. The second-order valence-electron chi connectivity index (χ2n) is 8.17. The van der Waals surface area contributed by atoms with Gasteiger partial charge in [-0.15, -0.1) is 0 Å². The third kappa shape index (κ3) is 4.45. The predicted molar refractivity (Wildman–Crippen MR) is 109 cm³/mol. The van der Waals surface area contributed by atoms with Gasteiger partial charge in [-0.25, -0.2) is 4.39 Å². The van der Waals surface area contributed by atoms with Crippen LogP contribution in [0.5, 0.6) is 0 Å². The SMILES string of the molecule is O=C(CO)N1CC(F)(c2ccc(C3=CC(c4cc(Cl)cc(C(F)(F)F)c4)(C(F)(F)F)ON3)cc2)C1. The van der Waals surface area contributed by atoms with Crippen LogP contribution in [0.4, 0.5) is 30.7 Å². The Hall–Kier alpha value is -2.83. The maximum atomic E-state index is 15.0. The smallest absolute Gasteiger partial charge is 0.387 e. The second-order valence-corrected chi connectivity index (χ2v) is 8.61. The molecule has 188 valence electrons. The summed E-state index contributed by atoms with van der Waals surface area (Å²) in [4.78, 5) is 17.4. The normalized spacial score (nSPS) is 21.9. The van der Waals surface area contributed by atoms with E-state index in [1.807, 2.05) is 0 Å². The molecule has 0 aromatic heterocycles. The van der Waals surface area contributed by atoms with Crippen LogP contribution >= 0.6 is 11.6 Å². The van der Waals surface area contributed by atoms with Gasteiger partial charge in [-0.05, 0) is 35.4 Å². The number of hydrogen-bond acceptors (Lipinski definition) is 4. The first kappa shape index (κ1) is 25.3. The monoisotopic (exact) mass is 524 g/mol. The lowest BCUT2D eigenvalue weighted by Crippen LogP contribution is -2.59. The summed E-state index contributed by atoms with van der Waals surface area (Å²) in [6.07, 6.45) is -9.53. The molecule has 1 fully saturated rings. The van der Waals surface area contributed by atoms with Crippen molar-refractivity contribution in [1.82, 2.24) is 10.4 Å². The third-order valence-electron chi connectivity index (χ3n) is 5.83. The summed E-state index contributed by atoms with van der Waals surface area (Å²) >= 11 is 5.68. The van der Waals surface area contributed by atoms with Crippen molar-refractivity contribution in [2.45, 2.75) is 23.6 Å². The summed E-state index contributed by atoms with van der Waals surface area (Å²) in [7, 11) is 0. The average molecular weight is 525 g/mol. The molecule has 35 heavy (non-hydrogen) atoms. The number of nitrogens with one attached hydrogen (secondary N) is 1. The molecular weight excluding hydrogens is 509 g/mol. The summed E-state index contributed by atoms with van der Waals surface area (Å²) in [6, 6.07) is 6.79. The van der Waals surface area contributed by atoms with E-state index in [0.717, 1.165) is 11.0 Å². The fraction of sp³-hybridized carbons (Fsp3) is 0.318. The zero-order chi connectivity index (χ0) is 25.8. The van der Waals surface area contributed by atoms with Gasteiger partial charge >= 0.3 is 12.4 Å². The molecule has 2 N–H and O–H groups in total. The molecule has 2 aliphatic rings. The van der Waals surface area contributed by atoms with Crippen LogP contribution in [-0.4, -0.2) is 41.8 Å². The van der Waals surface area contributed by atoms with Gasteiger partial charge in [-0.3, -0.25) is 15.1 Å². The van der Waals surface area contributed by atoms with E-state index in [-0.39, 0.29) is 29.9 Å². The summed E-state index contributed by atoms with van der Waals surface area (Å²) in [5, 5.41) is 8.28. The first-order chi connectivity index (χ1) is 16.2. The van der Waals surface area contributed by atoms with Crippen molar-refractivity contribution < 1.29 is 45.5 Å². The molecule has 2 aromatic rings. The molecule has 1 saturated heterocycles. The number of rotatable bonds is 4. The highest BCUT2D eigenvalue weighted by molar-refractivity contribution is 6.30. The standard InChI is InChI=1S/C22H16ClF7N2O3/c23-16-6-14(5-15(7-16)21(25,26)27)20(22(28,29)30)8-17(31-35-20)12-1-3-13(4-2-12)19(24)10-32(11-19)18(34)9-33/h1-8,31,33H,9-11H2. The van der Waals surface area contributed by atoms with Crippen molar-refractivity contribution in [3.63, 3.8) is 0 Å². The van der Waals surface area contributed by atoms with E-state index in [0.29, 0.717) is 18.2 Å². The molecule has 5 nitrogen and oxygen atoms in total. The van der Waals surface area contributed by atoms with E-state index in [1.165, 1.54) is 24.3 Å². The van der Waals surface area contributed by atoms with Crippen molar-refractivity contribution in [2.24, 2.45) is 0 Å². The maximum Gasteiger partial charge on any atom is 0.428 e. The van der Waals surface area contributed by atoms with Gasteiger partial charge in [-0.1, -0.05) is 35.9 Å². The van der Waals surface area contributed by atoms with Gasteiger partial charge in [0.1, 0.15) is 6.61 Å². The van der Waals surface area contributed by atoms with Crippen molar-refractivity contribution in [3.8, 4) is 0 Å². The molecule has 0 radical (unpaired) electrons. The highest BCUT2D eigenvalue weighted by Gasteiger charge is 2.60. The summed E-state index contributed by atoms with van der Waals surface area (Å²) in [6.45, 7) is -1.33. The van der Waals surface area contributed by atoms with Crippen LogP contribution in [-0.2, 0) is 27.1 Å². The molecule has 0 spiro atoms. The predicted octanol–water partition coefficient (Wildman–Crippen LogP) is 4.69. The number of benzene rings is 2. The molecule has 4 rings (SSSR count). The Bertz CT molecular complexity index is 1180. The minimum Gasteiger partial charge on any atom is -0.387 e. The molecule has 13 heteroatoms. The van der Waals surface area contributed by atoms with Gasteiger partial charge in [0, 0.05) is 10.6 Å². The van der Waals surface area contributed by atoms with E-state index in [9.17, 15) is 35.5 Å². The lowest BCUT2D eigenvalue weighted by Gasteiger charge is -2.44. The number of hydrogen-bond donors (Lipinski definition) is 2. The van der Waals surface area contributed by atoms with Crippen LogP contribution in [0.25, 0.3) is 5.70 Å². The summed E-state index contributed by atoms with van der Waals surface area (Å²) in [5.41, 5.74) is -5.21. The van der Waals surface area contributed by atoms with Gasteiger partial charge in [-0.2, -0.15) is 26.3 Å². The minimum absolute atomic E-state index is 0.143. The van der Waals surface area contributed by atoms with Gasteiger partial charge in [0.2, 0.25) is 11.5 Å². The molecule has 2 heterocycles. The third-order valence-corrected chi connectivity index (χ3v) is 6.05. The molecule has 1 amide bonds. The molecule has 1 atom stereocenters. The Labute approximate surface area is 198 Å². The van der Waals surface area contributed by atoms with E-state index < -0.39 is 52.3 Å². The number of aliphatic hydroxyl groups is 1. The van der Waals surface area contributed by atoms with Crippen LogP contribution in [0.2, 0.25) is 5.02 Å². The molecule has 0 aliphatic carbocycles. The molecule has 0 saturated carbocycles. The first-order valence-corrected chi connectivity index (χ1v) is 10.4. The number of alkyl halides is 7. The Morgan fingerprint density at radius 3 is 2.23 bits per heavy atom. The zero-order valence-corrected chi connectivity index (χ0v) is 18.2. The number of aliphatic hydroxyl groups excluding tert-OH is 1. The van der Waals surface area contributed by atoms with Crippen molar-refractivity contribution >= 4 is 23.2 Å². The maximum absolute atomic E-state index is 15.0. The van der Waals surface area contributed by atoms with Crippen LogP contribution in [0.15, 0.2) is 48.5 Å². The van der Waals surface area contributed by atoms with Crippen LogP contribution < -0.4 is 5.48 Å². The highest BCUT2D eigenvalue weighted by atomic mass is 35.5. The number of nitrogens with zero attached hydrogens (tertiary/aromatic N) is 1. The molecule has 2 aliphatic heterocycles. The minimum atomic E-state index is -5.17. The van der Waals surface area contributed by atoms with Crippen molar-refractivity contribution in [3.05, 3.63) is 75.8 Å². The Morgan fingerprint density at radius 2 is 1.69 bits per heavy atom. The van der Waals surface area contributed by atoms with E-state index in [4.69, 9.17) is 21.5 Å². The highest BCUT2D eigenvalue weighted by Crippen LogP contribution is 2.49. The quantitative estimate of drug-likeness (QED) is 0.570. The number of hydroxylamine groups is 1. The number of amides is 1. The van der Waals surface area contributed by atoms with Gasteiger partial charge in [0.25, 0.3) is 0 Å². The Morgan fingerprint density at radius 1 is 1.06 bits per heavy atom. The number of likely N-dealkylation sites (tertiary alicyclic amines) is 1. The molecule has 1 unspecified atom stereocenters. The largest absolute Gasteiger partial charge is 0.428 e. The van der Waals surface area contributed by atoms with Gasteiger partial charge in [0.15, 0.2) is 5.67 Å². The van der Waals surface area contributed by atoms with Gasteiger partial charge in [0.05, 0.1) is 24.4 Å². The van der Waals surface area contributed by atoms with E-state index in [1.54, 1.807) is 0 Å². The fourth-order valence-corrected chi connectivity index (χ4v) is 4.15. The van der Waals surface area contributed by atoms with Crippen LogP contribution in [0.1, 0.15) is 22.3 Å². The second kappa shape index (κ2) is 8.38. The van der Waals surface area contributed by atoms with E-state index in [2.05, 4.69) is 5.48 Å². The lowest BCUT2D eigenvalue weighted by molar-refractivity contribution is -0.269. The fourth-order valence-electron chi connectivity index (χ4n) is 3.92. The van der Waals surface area contributed by atoms with Crippen molar-refractivity contribution in [2.75, 3.05) is 19.7 Å². The zero-order valence-electron chi connectivity index (χ0n) is 17.5. The van der Waals surface area contributed by atoms with Crippen LogP contribution in [0.3, 0.4) is 0 Å². The van der Waals surface area contributed by atoms with Gasteiger partial charge < -0.3 is 10.0 Å². The summed E-state index contributed by atoms with van der Waals surface area (Å²) < 4.78 is 96.9. The Kier molecular flexibility index (Phi) is 6.05. The van der Waals surface area contributed by atoms with Crippen LogP contribution in [0, 0.1) is 0 Å².